The van der Waals surface area contributed by atoms with Crippen molar-refractivity contribution in [2.75, 3.05) is 19.6 Å². The van der Waals surface area contributed by atoms with Gasteiger partial charge in [-0.15, -0.1) is 0 Å². The summed E-state index contributed by atoms with van der Waals surface area (Å²) in [6, 6.07) is 17.6. The van der Waals surface area contributed by atoms with Crippen molar-refractivity contribution >= 4 is 0 Å². The Balaban J connectivity index is 1.40. The van der Waals surface area contributed by atoms with Crippen LogP contribution in [0.3, 0.4) is 0 Å². The van der Waals surface area contributed by atoms with Gasteiger partial charge in [-0.1, -0.05) is 48.5 Å². The lowest BCUT2D eigenvalue weighted by Gasteiger charge is -2.32. The summed E-state index contributed by atoms with van der Waals surface area (Å²) in [5.41, 5.74) is 4.03. The highest BCUT2D eigenvalue weighted by Crippen LogP contribution is 2.34. The van der Waals surface area contributed by atoms with E-state index in [9.17, 15) is 4.39 Å². The van der Waals surface area contributed by atoms with E-state index < -0.39 is 0 Å². The molecule has 1 atom stereocenters. The van der Waals surface area contributed by atoms with Gasteiger partial charge < -0.3 is 4.90 Å². The number of hydrogen-bond acceptors (Lipinski definition) is 2. The quantitative estimate of drug-likeness (QED) is 0.666. The maximum Gasteiger partial charge on any atom is 0.131 e. The Hall–Kier alpha value is -2.46. The van der Waals surface area contributed by atoms with Crippen LogP contribution in [-0.2, 0) is 6.42 Å². The smallest absolute Gasteiger partial charge is 0.131 e. The van der Waals surface area contributed by atoms with Crippen molar-refractivity contribution in [3.8, 4) is 11.1 Å². The van der Waals surface area contributed by atoms with E-state index in [1.54, 1.807) is 12.3 Å². The number of aromatic nitrogens is 2. The maximum absolute atomic E-state index is 14.3. The molecule has 0 spiro atoms. The molecular weight excluding hydrogens is 337 g/mol. The molecule has 0 bridgehead atoms. The Kier molecular flexibility index (Phi) is 5.64. The number of likely N-dealkylation sites (tertiary alicyclic amines) is 1. The lowest BCUT2D eigenvalue weighted by Crippen LogP contribution is -2.35. The van der Waals surface area contributed by atoms with Crippen LogP contribution in [0.2, 0.25) is 0 Å². The first-order chi connectivity index (χ1) is 13.3. The third kappa shape index (κ3) is 4.28. The highest BCUT2D eigenvalue weighted by Gasteiger charge is 2.25. The molecule has 0 aliphatic carbocycles. The monoisotopic (exact) mass is 363 g/mol. The molecule has 3 aromatic rings. The molecule has 2 heterocycles. The number of piperidine rings is 1. The van der Waals surface area contributed by atoms with E-state index in [0.29, 0.717) is 11.5 Å². The Morgan fingerprint density at radius 1 is 1.04 bits per heavy atom. The predicted octanol–water partition coefficient (Wildman–Crippen LogP) is 5.03. The molecule has 4 rings (SSSR count). The fourth-order valence-electron chi connectivity index (χ4n) is 4.15. The Morgan fingerprint density at radius 2 is 1.85 bits per heavy atom. The molecule has 1 aromatic heterocycles. The zero-order chi connectivity index (χ0) is 18.5. The number of rotatable bonds is 6. The first-order valence-corrected chi connectivity index (χ1v) is 9.85. The van der Waals surface area contributed by atoms with Gasteiger partial charge in [0.2, 0.25) is 0 Å². The third-order valence-corrected chi connectivity index (χ3v) is 5.53. The molecule has 140 valence electrons. The topological polar surface area (TPSA) is 31.9 Å². The van der Waals surface area contributed by atoms with Crippen LogP contribution >= 0.6 is 0 Å². The van der Waals surface area contributed by atoms with Gasteiger partial charge in [0.25, 0.3) is 0 Å². The number of nitrogens with zero attached hydrogens (tertiary/aromatic N) is 2. The van der Waals surface area contributed by atoms with Crippen molar-refractivity contribution < 1.29 is 4.39 Å². The van der Waals surface area contributed by atoms with Gasteiger partial charge in [0.1, 0.15) is 5.82 Å². The molecule has 1 fully saturated rings. The molecule has 1 saturated heterocycles. The van der Waals surface area contributed by atoms with Crippen molar-refractivity contribution in [1.29, 1.82) is 0 Å². The second-order valence-corrected chi connectivity index (χ2v) is 7.41. The van der Waals surface area contributed by atoms with Crippen molar-refractivity contribution in [2.45, 2.75) is 31.6 Å². The van der Waals surface area contributed by atoms with Gasteiger partial charge in [-0.2, -0.15) is 5.10 Å². The minimum absolute atomic E-state index is 0.185. The number of aryl methyl sites for hydroxylation is 1. The summed E-state index contributed by atoms with van der Waals surface area (Å²) < 4.78 is 14.3. The number of nitrogens with one attached hydrogen (secondary N) is 1. The van der Waals surface area contributed by atoms with Gasteiger partial charge in [-0.05, 0) is 50.4 Å². The van der Waals surface area contributed by atoms with Gasteiger partial charge in [-0.25, -0.2) is 4.39 Å². The molecule has 0 amide bonds. The van der Waals surface area contributed by atoms with E-state index in [4.69, 9.17) is 0 Å². The van der Waals surface area contributed by atoms with E-state index in [1.165, 1.54) is 24.5 Å². The van der Waals surface area contributed by atoms with Crippen molar-refractivity contribution in [2.24, 2.45) is 0 Å². The van der Waals surface area contributed by atoms with Gasteiger partial charge in [0.05, 0.1) is 6.20 Å². The van der Waals surface area contributed by atoms with Gasteiger partial charge in [-0.3, -0.25) is 5.10 Å². The Labute approximate surface area is 160 Å². The highest BCUT2D eigenvalue weighted by molar-refractivity contribution is 5.66. The maximum atomic E-state index is 14.3. The van der Waals surface area contributed by atoms with Gasteiger partial charge in [0, 0.05) is 29.3 Å². The summed E-state index contributed by atoms with van der Waals surface area (Å²) in [6.45, 7) is 3.27. The molecule has 1 aliphatic heterocycles. The number of H-pyrrole nitrogens is 1. The minimum Gasteiger partial charge on any atom is -0.303 e. The van der Waals surface area contributed by atoms with Crippen LogP contribution in [0.15, 0.2) is 60.8 Å². The average Bonchev–Trinajstić information content (AvgIpc) is 3.19. The summed E-state index contributed by atoms with van der Waals surface area (Å²) in [5, 5.41) is 7.39. The van der Waals surface area contributed by atoms with E-state index in [2.05, 4.69) is 45.4 Å². The Bertz CT molecular complexity index is 859. The second-order valence-electron chi connectivity index (χ2n) is 7.41. The van der Waals surface area contributed by atoms with Crippen LogP contribution in [0.4, 0.5) is 4.39 Å². The number of halogens is 1. The summed E-state index contributed by atoms with van der Waals surface area (Å²) in [6.07, 6.45) is 6.35. The molecule has 27 heavy (non-hydrogen) atoms. The standard InChI is InChI=1S/C23H26FN3/c24-22-13-5-4-12-20(22)21-16-25-26-23(21)19-11-7-15-27(17-19)14-6-10-18-8-2-1-3-9-18/h1-5,8-9,12-13,16,19H,6-7,10-11,14-15,17H2,(H,25,26)/t19-/m0/s1. The van der Waals surface area contributed by atoms with Crippen LogP contribution in [0.25, 0.3) is 11.1 Å². The van der Waals surface area contributed by atoms with Crippen molar-refractivity contribution in [1.82, 2.24) is 15.1 Å². The second kappa shape index (κ2) is 8.49. The fraction of sp³-hybridized carbons (Fsp3) is 0.348. The molecule has 1 N–H and O–H groups in total. The normalized spacial score (nSPS) is 17.9. The zero-order valence-corrected chi connectivity index (χ0v) is 15.6. The highest BCUT2D eigenvalue weighted by atomic mass is 19.1. The number of benzene rings is 2. The molecule has 0 unspecified atom stereocenters. The van der Waals surface area contributed by atoms with E-state index in [0.717, 1.165) is 43.7 Å². The summed E-state index contributed by atoms with van der Waals surface area (Å²) >= 11 is 0. The molecule has 0 radical (unpaired) electrons. The van der Waals surface area contributed by atoms with Crippen molar-refractivity contribution in [3.05, 3.63) is 77.9 Å². The fourth-order valence-corrected chi connectivity index (χ4v) is 4.15. The third-order valence-electron chi connectivity index (χ3n) is 5.53. The predicted molar refractivity (Wildman–Crippen MR) is 107 cm³/mol. The first-order valence-electron chi connectivity index (χ1n) is 9.85. The lowest BCUT2D eigenvalue weighted by molar-refractivity contribution is 0.204. The molecule has 1 aliphatic rings. The number of hydrogen-bond donors (Lipinski definition) is 1. The lowest BCUT2D eigenvalue weighted by atomic mass is 9.90. The average molecular weight is 363 g/mol. The molecular formula is C23H26FN3. The van der Waals surface area contributed by atoms with E-state index >= 15 is 0 Å². The first kappa shape index (κ1) is 17.9. The van der Waals surface area contributed by atoms with Gasteiger partial charge in [0.15, 0.2) is 0 Å². The largest absolute Gasteiger partial charge is 0.303 e. The molecule has 3 nitrogen and oxygen atoms in total. The summed E-state index contributed by atoms with van der Waals surface area (Å²) in [7, 11) is 0. The summed E-state index contributed by atoms with van der Waals surface area (Å²) in [4.78, 5) is 2.54. The summed E-state index contributed by atoms with van der Waals surface area (Å²) in [5.74, 6) is 0.197. The molecule has 0 saturated carbocycles. The van der Waals surface area contributed by atoms with E-state index in [1.807, 2.05) is 12.1 Å². The minimum atomic E-state index is -0.185. The van der Waals surface area contributed by atoms with Gasteiger partial charge >= 0.3 is 0 Å². The molecule has 4 heteroatoms. The SMILES string of the molecule is Fc1ccccc1-c1cn[nH]c1[C@H]1CCCN(CCCc2ccccc2)C1. The van der Waals surface area contributed by atoms with Crippen molar-refractivity contribution in [3.63, 3.8) is 0 Å². The zero-order valence-electron chi connectivity index (χ0n) is 15.6. The van der Waals surface area contributed by atoms with Crippen LogP contribution < -0.4 is 0 Å². The molecule has 2 aromatic carbocycles. The Morgan fingerprint density at radius 3 is 2.70 bits per heavy atom. The van der Waals surface area contributed by atoms with Crippen LogP contribution in [0.5, 0.6) is 0 Å². The van der Waals surface area contributed by atoms with Crippen LogP contribution in [0, 0.1) is 5.82 Å². The van der Waals surface area contributed by atoms with Crippen LogP contribution in [0.1, 0.15) is 36.4 Å². The number of aromatic amines is 1. The van der Waals surface area contributed by atoms with E-state index in [-0.39, 0.29) is 5.82 Å². The van der Waals surface area contributed by atoms with Crippen LogP contribution in [-0.4, -0.2) is 34.7 Å².